The molecule has 10 nitrogen and oxygen atoms in total. The van der Waals surface area contributed by atoms with Crippen LogP contribution in [0.1, 0.15) is 39.2 Å². The number of nitrogens with zero attached hydrogens (tertiary/aromatic N) is 1. The molecule has 1 aliphatic heterocycles. The highest BCUT2D eigenvalue weighted by Crippen LogP contribution is 2.09. The van der Waals surface area contributed by atoms with E-state index in [9.17, 15) is 19.2 Å². The Morgan fingerprint density at radius 1 is 0.943 bits per heavy atom. The van der Waals surface area contributed by atoms with Crippen molar-refractivity contribution in [3.8, 4) is 0 Å². The Kier molecular flexibility index (Phi) is 11.6. The van der Waals surface area contributed by atoms with Crippen LogP contribution in [0.3, 0.4) is 0 Å². The molecule has 1 fully saturated rings. The molecule has 0 saturated carbocycles. The molecule has 4 N–H and O–H groups in total. The molecule has 2 rings (SSSR count). The summed E-state index contributed by atoms with van der Waals surface area (Å²) in [6, 6.07) is 6.78. The van der Waals surface area contributed by atoms with E-state index in [0.717, 1.165) is 5.56 Å². The second-order valence-electron chi connectivity index (χ2n) is 9.29. The van der Waals surface area contributed by atoms with E-state index in [1.807, 2.05) is 49.1 Å². The maximum Gasteiger partial charge on any atom is 0.325 e. The first-order valence-corrected chi connectivity index (χ1v) is 12.1. The van der Waals surface area contributed by atoms with E-state index >= 15 is 0 Å². The third-order valence-corrected chi connectivity index (χ3v) is 5.76. The number of ether oxygens (including phenoxy) is 1. The fourth-order valence-corrected chi connectivity index (χ4v) is 3.78. The standard InChI is InChI=1S/C25H38N4O6/c1-17(2)15-21(24(32)26-18(3)25(33)34)28-23(31)20(10-9-19-7-5-4-6-8-19)27-22(30)16-29-11-13-35-14-12-29/h4-8,17-18,20-21H,9-16H2,1-3H3,(H,26,32)(H,27,30)(H,28,31)(H,33,34)/t18-,20-,21-/m0/s1. The Morgan fingerprint density at radius 2 is 1.57 bits per heavy atom. The number of carbonyl (C=O) groups excluding carboxylic acids is 3. The molecule has 0 aromatic heterocycles. The highest BCUT2D eigenvalue weighted by atomic mass is 16.5. The Labute approximate surface area is 206 Å². The van der Waals surface area contributed by atoms with Gasteiger partial charge in [0.25, 0.3) is 0 Å². The van der Waals surface area contributed by atoms with Crippen molar-refractivity contribution in [1.29, 1.82) is 0 Å². The predicted molar refractivity (Wildman–Crippen MR) is 131 cm³/mol. The molecule has 194 valence electrons. The molecular weight excluding hydrogens is 452 g/mol. The molecule has 1 aliphatic rings. The number of hydrogen-bond donors (Lipinski definition) is 4. The Hall–Kier alpha value is -2.98. The smallest absolute Gasteiger partial charge is 0.325 e. The van der Waals surface area contributed by atoms with Gasteiger partial charge in [-0.15, -0.1) is 0 Å². The number of carboxylic acids is 1. The lowest BCUT2D eigenvalue weighted by atomic mass is 10.0. The second-order valence-corrected chi connectivity index (χ2v) is 9.29. The van der Waals surface area contributed by atoms with Crippen LogP contribution in [0.2, 0.25) is 0 Å². The van der Waals surface area contributed by atoms with Crippen LogP contribution in [0.15, 0.2) is 30.3 Å². The van der Waals surface area contributed by atoms with E-state index in [2.05, 4.69) is 16.0 Å². The van der Waals surface area contributed by atoms with Crippen LogP contribution in [0.5, 0.6) is 0 Å². The molecule has 0 unspecified atom stereocenters. The second kappa shape index (κ2) is 14.4. The zero-order valence-electron chi connectivity index (χ0n) is 20.8. The van der Waals surface area contributed by atoms with Crippen molar-refractivity contribution in [2.24, 2.45) is 5.92 Å². The van der Waals surface area contributed by atoms with Gasteiger partial charge in [0.15, 0.2) is 0 Å². The monoisotopic (exact) mass is 490 g/mol. The maximum atomic E-state index is 13.3. The fraction of sp³-hybridized carbons (Fsp3) is 0.600. The zero-order valence-corrected chi connectivity index (χ0v) is 20.8. The van der Waals surface area contributed by atoms with Crippen molar-refractivity contribution in [3.05, 3.63) is 35.9 Å². The number of amides is 3. The average Bonchev–Trinajstić information content (AvgIpc) is 2.82. The highest BCUT2D eigenvalue weighted by Gasteiger charge is 2.29. The number of carbonyl (C=O) groups is 4. The minimum atomic E-state index is -1.16. The SMILES string of the molecule is CC(C)C[C@H](NC(=O)[C@H](CCc1ccccc1)NC(=O)CN1CCOCC1)C(=O)N[C@@H](C)C(=O)O. The molecule has 1 saturated heterocycles. The minimum absolute atomic E-state index is 0.0739. The van der Waals surface area contributed by atoms with Crippen molar-refractivity contribution in [2.75, 3.05) is 32.8 Å². The van der Waals surface area contributed by atoms with Crippen LogP contribution in [0.4, 0.5) is 0 Å². The molecule has 3 atom stereocenters. The Morgan fingerprint density at radius 3 is 2.17 bits per heavy atom. The molecule has 1 aromatic carbocycles. The van der Waals surface area contributed by atoms with Gasteiger partial charge >= 0.3 is 5.97 Å². The molecule has 1 heterocycles. The van der Waals surface area contributed by atoms with Crippen molar-refractivity contribution in [1.82, 2.24) is 20.9 Å². The lowest BCUT2D eigenvalue weighted by molar-refractivity contribution is -0.142. The Balaban J connectivity index is 2.09. The van der Waals surface area contributed by atoms with E-state index in [-0.39, 0.29) is 18.4 Å². The quantitative estimate of drug-likeness (QED) is 0.317. The third-order valence-electron chi connectivity index (χ3n) is 5.76. The largest absolute Gasteiger partial charge is 0.480 e. The van der Waals surface area contributed by atoms with Gasteiger partial charge < -0.3 is 25.8 Å². The first-order valence-electron chi connectivity index (χ1n) is 12.1. The summed E-state index contributed by atoms with van der Waals surface area (Å²) in [6.07, 6.45) is 1.25. The molecular formula is C25H38N4O6. The van der Waals surface area contributed by atoms with E-state index in [0.29, 0.717) is 45.6 Å². The van der Waals surface area contributed by atoms with Crippen molar-refractivity contribution in [2.45, 2.75) is 58.2 Å². The van der Waals surface area contributed by atoms with Crippen LogP contribution >= 0.6 is 0 Å². The van der Waals surface area contributed by atoms with Crippen molar-refractivity contribution in [3.63, 3.8) is 0 Å². The minimum Gasteiger partial charge on any atom is -0.480 e. The first-order chi connectivity index (χ1) is 16.7. The van der Waals surface area contributed by atoms with Gasteiger partial charge in [-0.2, -0.15) is 0 Å². The number of aliphatic carboxylic acids is 1. The topological polar surface area (TPSA) is 137 Å². The van der Waals surface area contributed by atoms with Gasteiger partial charge in [-0.25, -0.2) is 0 Å². The van der Waals surface area contributed by atoms with Gasteiger partial charge in [-0.3, -0.25) is 24.1 Å². The van der Waals surface area contributed by atoms with Crippen LogP contribution in [0, 0.1) is 5.92 Å². The molecule has 10 heteroatoms. The maximum absolute atomic E-state index is 13.3. The van der Waals surface area contributed by atoms with E-state index < -0.39 is 35.9 Å². The third kappa shape index (κ3) is 10.4. The number of carboxylic acid groups (broad SMARTS) is 1. The molecule has 0 bridgehead atoms. The van der Waals surface area contributed by atoms with Gasteiger partial charge in [0.2, 0.25) is 17.7 Å². The number of morpholine rings is 1. The lowest BCUT2D eigenvalue weighted by Crippen LogP contribution is -2.56. The van der Waals surface area contributed by atoms with Gasteiger partial charge in [0.05, 0.1) is 19.8 Å². The van der Waals surface area contributed by atoms with E-state index in [1.165, 1.54) is 6.92 Å². The summed E-state index contributed by atoms with van der Waals surface area (Å²) in [4.78, 5) is 51.8. The van der Waals surface area contributed by atoms with Gasteiger partial charge in [-0.1, -0.05) is 44.2 Å². The zero-order chi connectivity index (χ0) is 25.8. The number of benzene rings is 1. The Bertz CT molecular complexity index is 842. The molecule has 1 aromatic rings. The van der Waals surface area contributed by atoms with E-state index in [1.54, 1.807) is 0 Å². The predicted octanol–water partition coefficient (Wildman–Crippen LogP) is 0.556. The summed E-state index contributed by atoms with van der Waals surface area (Å²) in [5.74, 6) is -2.40. The van der Waals surface area contributed by atoms with E-state index in [4.69, 9.17) is 9.84 Å². The van der Waals surface area contributed by atoms with Crippen LogP contribution < -0.4 is 16.0 Å². The van der Waals surface area contributed by atoms with Crippen LogP contribution in [-0.2, 0) is 30.3 Å². The summed E-state index contributed by atoms with van der Waals surface area (Å²) in [7, 11) is 0. The molecule has 0 aliphatic carbocycles. The summed E-state index contributed by atoms with van der Waals surface area (Å²) < 4.78 is 5.32. The average molecular weight is 491 g/mol. The first kappa shape index (κ1) is 28.3. The van der Waals surface area contributed by atoms with Crippen molar-refractivity contribution >= 4 is 23.7 Å². The molecule has 35 heavy (non-hydrogen) atoms. The lowest BCUT2D eigenvalue weighted by Gasteiger charge is -2.28. The number of nitrogens with one attached hydrogen (secondary N) is 3. The van der Waals surface area contributed by atoms with Gasteiger partial charge in [-0.05, 0) is 37.7 Å². The molecule has 0 spiro atoms. The van der Waals surface area contributed by atoms with Crippen molar-refractivity contribution < 1.29 is 29.0 Å². The van der Waals surface area contributed by atoms with Gasteiger partial charge in [0, 0.05) is 13.1 Å². The van der Waals surface area contributed by atoms with Crippen LogP contribution in [-0.4, -0.2) is 84.7 Å². The normalized spacial score (nSPS) is 16.7. The summed E-state index contributed by atoms with van der Waals surface area (Å²) in [5, 5.41) is 17.1. The molecule has 3 amide bonds. The number of hydrogen-bond acceptors (Lipinski definition) is 6. The summed E-state index contributed by atoms with van der Waals surface area (Å²) >= 11 is 0. The number of rotatable bonds is 13. The summed E-state index contributed by atoms with van der Waals surface area (Å²) in [5.41, 5.74) is 1.03. The fourth-order valence-electron chi connectivity index (χ4n) is 3.78. The highest BCUT2D eigenvalue weighted by molar-refractivity contribution is 5.93. The van der Waals surface area contributed by atoms with Crippen LogP contribution in [0.25, 0.3) is 0 Å². The summed E-state index contributed by atoms with van der Waals surface area (Å²) in [6.45, 7) is 7.75. The molecule has 0 radical (unpaired) electrons. The van der Waals surface area contributed by atoms with Gasteiger partial charge in [0.1, 0.15) is 18.1 Å². The number of aryl methyl sites for hydroxylation is 1.